The highest BCUT2D eigenvalue weighted by Crippen LogP contribution is 2.41. The average Bonchev–Trinajstić information content (AvgIpc) is 2.63. The minimum absolute atomic E-state index is 0.0331. The van der Waals surface area contributed by atoms with Gasteiger partial charge in [0.25, 0.3) is 0 Å². The van der Waals surface area contributed by atoms with Crippen molar-refractivity contribution in [3.63, 3.8) is 0 Å². The average molecular weight is 387 g/mol. The van der Waals surface area contributed by atoms with Crippen molar-refractivity contribution in [2.24, 2.45) is 5.92 Å². The summed E-state index contributed by atoms with van der Waals surface area (Å²) in [6, 6.07) is 12.2. The quantitative estimate of drug-likeness (QED) is 0.542. The first-order valence-electron chi connectivity index (χ1n) is 8.83. The third kappa shape index (κ3) is 4.11. The molecule has 5 heteroatoms. The lowest BCUT2D eigenvalue weighted by Crippen LogP contribution is -2.34. The number of esters is 1. The molecule has 0 fully saturated rings. The van der Waals surface area contributed by atoms with Gasteiger partial charge < -0.3 is 4.74 Å². The molecule has 3 rings (SSSR count). The number of benzene rings is 2. The third-order valence-electron chi connectivity index (χ3n) is 4.77. The lowest BCUT2D eigenvalue weighted by molar-refractivity contribution is -0.151. The lowest BCUT2D eigenvalue weighted by Gasteiger charge is -2.29. The number of aryl methyl sites for hydroxylation is 1. The summed E-state index contributed by atoms with van der Waals surface area (Å²) >= 11 is 5.94. The minimum atomic E-state index is -0.958. The number of carbonyl (C=O) groups is 2. The topological polar surface area (TPSA) is 43.4 Å². The van der Waals surface area contributed by atoms with Crippen LogP contribution in [0.4, 0.5) is 4.39 Å². The number of allylic oxidation sites excluding steroid dienone is 2. The third-order valence-corrected chi connectivity index (χ3v) is 5.06. The fourth-order valence-electron chi connectivity index (χ4n) is 3.49. The van der Waals surface area contributed by atoms with Crippen molar-refractivity contribution < 1.29 is 18.7 Å². The molecule has 0 unspecified atom stereocenters. The molecule has 3 nitrogen and oxygen atoms in total. The van der Waals surface area contributed by atoms with Crippen LogP contribution in [0.5, 0.6) is 0 Å². The SMILES string of the molecule is CCOC(=O)[C@@H]1C(=O)C=C(c2cccc(C)c2)C[C@@H]1c1ccc(F)c(Cl)c1. The summed E-state index contributed by atoms with van der Waals surface area (Å²) in [6.45, 7) is 3.87. The Labute approximate surface area is 162 Å². The first-order valence-corrected chi connectivity index (χ1v) is 9.21. The molecule has 2 aromatic carbocycles. The Kier molecular flexibility index (Phi) is 5.76. The predicted octanol–water partition coefficient (Wildman–Crippen LogP) is 5.11. The second-order valence-corrected chi connectivity index (χ2v) is 7.06. The summed E-state index contributed by atoms with van der Waals surface area (Å²) in [4.78, 5) is 25.3. The molecule has 0 amide bonds. The maximum absolute atomic E-state index is 13.6. The molecule has 2 atom stereocenters. The number of ether oxygens (including phenoxy) is 1. The zero-order valence-corrected chi connectivity index (χ0v) is 15.9. The van der Waals surface area contributed by atoms with Crippen LogP contribution in [0.1, 0.15) is 36.0 Å². The van der Waals surface area contributed by atoms with Crippen LogP contribution in [0.25, 0.3) is 5.57 Å². The van der Waals surface area contributed by atoms with Crippen LogP contribution in [0.3, 0.4) is 0 Å². The number of carbonyl (C=O) groups excluding carboxylic acids is 2. The van der Waals surface area contributed by atoms with Gasteiger partial charge in [0, 0.05) is 5.92 Å². The van der Waals surface area contributed by atoms with Crippen molar-refractivity contribution in [3.05, 3.63) is 76.1 Å². The predicted molar refractivity (Wildman–Crippen MR) is 103 cm³/mol. The van der Waals surface area contributed by atoms with Gasteiger partial charge in [0.2, 0.25) is 0 Å². The molecule has 140 valence electrons. The standard InChI is InChI=1S/C22H20ClFO3/c1-3-27-22(26)21-17(15-7-8-19(24)18(23)11-15)10-16(12-20(21)25)14-6-4-5-13(2)9-14/h4-9,11-12,17,21H,3,10H2,1-2H3/t17-,21+/m1/s1. The molecular formula is C22H20ClFO3. The first-order chi connectivity index (χ1) is 12.9. The number of ketones is 1. The molecule has 0 saturated carbocycles. The van der Waals surface area contributed by atoms with Gasteiger partial charge in [-0.2, -0.15) is 0 Å². The summed E-state index contributed by atoms with van der Waals surface area (Å²) in [6.07, 6.45) is 1.98. The van der Waals surface area contributed by atoms with E-state index in [1.165, 1.54) is 18.2 Å². The second-order valence-electron chi connectivity index (χ2n) is 6.66. The Balaban J connectivity index is 2.05. The maximum Gasteiger partial charge on any atom is 0.317 e. The van der Waals surface area contributed by atoms with Gasteiger partial charge in [0.1, 0.15) is 11.7 Å². The fraction of sp³-hybridized carbons (Fsp3) is 0.273. The lowest BCUT2D eigenvalue weighted by atomic mass is 9.73. The highest BCUT2D eigenvalue weighted by atomic mass is 35.5. The highest BCUT2D eigenvalue weighted by Gasteiger charge is 2.40. The van der Waals surface area contributed by atoms with Crippen LogP contribution in [0, 0.1) is 18.7 Å². The Bertz CT molecular complexity index is 920. The molecule has 2 aromatic rings. The van der Waals surface area contributed by atoms with Crippen LogP contribution in [0.2, 0.25) is 5.02 Å². The van der Waals surface area contributed by atoms with Crippen LogP contribution in [0.15, 0.2) is 48.5 Å². The molecule has 0 aromatic heterocycles. The molecule has 0 radical (unpaired) electrons. The zero-order valence-electron chi connectivity index (χ0n) is 15.2. The van der Waals surface area contributed by atoms with Crippen LogP contribution < -0.4 is 0 Å². The molecule has 0 heterocycles. The van der Waals surface area contributed by atoms with E-state index in [1.807, 2.05) is 31.2 Å². The molecule has 27 heavy (non-hydrogen) atoms. The van der Waals surface area contributed by atoms with E-state index in [2.05, 4.69) is 0 Å². The van der Waals surface area contributed by atoms with Crippen molar-refractivity contribution in [3.8, 4) is 0 Å². The van der Waals surface area contributed by atoms with Crippen molar-refractivity contribution in [1.29, 1.82) is 0 Å². The van der Waals surface area contributed by atoms with Gasteiger partial charge >= 0.3 is 5.97 Å². The monoisotopic (exact) mass is 386 g/mol. The number of halogens is 2. The van der Waals surface area contributed by atoms with E-state index in [0.29, 0.717) is 12.0 Å². The number of rotatable bonds is 4. The molecular weight excluding hydrogens is 367 g/mol. The van der Waals surface area contributed by atoms with Crippen molar-refractivity contribution in [1.82, 2.24) is 0 Å². The van der Waals surface area contributed by atoms with Gasteiger partial charge in [0.15, 0.2) is 5.78 Å². The van der Waals surface area contributed by atoms with E-state index in [9.17, 15) is 14.0 Å². The smallest absolute Gasteiger partial charge is 0.317 e. The van der Waals surface area contributed by atoms with Gasteiger partial charge in [-0.3, -0.25) is 9.59 Å². The summed E-state index contributed by atoms with van der Waals surface area (Å²) in [5, 5.41) is -0.0331. The van der Waals surface area contributed by atoms with E-state index < -0.39 is 23.6 Å². The Morgan fingerprint density at radius 3 is 2.70 bits per heavy atom. The minimum Gasteiger partial charge on any atom is -0.465 e. The molecule has 0 bridgehead atoms. The van der Waals surface area contributed by atoms with E-state index in [-0.39, 0.29) is 17.4 Å². The fourth-order valence-corrected chi connectivity index (χ4v) is 3.67. The van der Waals surface area contributed by atoms with E-state index >= 15 is 0 Å². The second kappa shape index (κ2) is 8.05. The van der Waals surface area contributed by atoms with Crippen molar-refractivity contribution >= 4 is 28.9 Å². The zero-order chi connectivity index (χ0) is 19.6. The Hall–Kier alpha value is -2.46. The molecule has 1 aliphatic rings. The van der Waals surface area contributed by atoms with Gasteiger partial charge in [-0.05, 0) is 55.2 Å². The van der Waals surface area contributed by atoms with E-state index in [0.717, 1.165) is 16.7 Å². The Morgan fingerprint density at radius 2 is 2.04 bits per heavy atom. The number of hydrogen-bond acceptors (Lipinski definition) is 3. The summed E-state index contributed by atoms with van der Waals surface area (Å²) < 4.78 is 18.7. The summed E-state index contributed by atoms with van der Waals surface area (Å²) in [7, 11) is 0. The summed E-state index contributed by atoms with van der Waals surface area (Å²) in [5.41, 5.74) is 3.50. The molecule has 0 aliphatic heterocycles. The van der Waals surface area contributed by atoms with Gasteiger partial charge in [-0.25, -0.2) is 4.39 Å². The summed E-state index contributed by atoms with van der Waals surface area (Å²) in [5.74, 6) is -2.82. The van der Waals surface area contributed by atoms with Crippen molar-refractivity contribution in [2.75, 3.05) is 6.61 Å². The van der Waals surface area contributed by atoms with Crippen LogP contribution in [-0.2, 0) is 14.3 Å². The molecule has 0 spiro atoms. The van der Waals surface area contributed by atoms with Crippen LogP contribution in [-0.4, -0.2) is 18.4 Å². The normalized spacial score (nSPS) is 19.6. The van der Waals surface area contributed by atoms with Crippen molar-refractivity contribution in [2.45, 2.75) is 26.2 Å². The first kappa shape index (κ1) is 19.3. The number of hydrogen-bond donors (Lipinski definition) is 0. The highest BCUT2D eigenvalue weighted by molar-refractivity contribution is 6.30. The van der Waals surface area contributed by atoms with E-state index in [1.54, 1.807) is 13.0 Å². The maximum atomic E-state index is 13.6. The largest absolute Gasteiger partial charge is 0.465 e. The van der Waals surface area contributed by atoms with Gasteiger partial charge in [-0.1, -0.05) is 47.5 Å². The van der Waals surface area contributed by atoms with Gasteiger partial charge in [0.05, 0.1) is 11.6 Å². The molecule has 0 saturated heterocycles. The Morgan fingerprint density at radius 1 is 1.26 bits per heavy atom. The van der Waals surface area contributed by atoms with Crippen LogP contribution >= 0.6 is 11.6 Å². The van der Waals surface area contributed by atoms with E-state index in [4.69, 9.17) is 16.3 Å². The molecule has 0 N–H and O–H groups in total. The van der Waals surface area contributed by atoms with Gasteiger partial charge in [-0.15, -0.1) is 0 Å². The molecule has 1 aliphatic carbocycles.